The van der Waals surface area contributed by atoms with E-state index in [1.807, 2.05) is 0 Å². The monoisotopic (exact) mass is 250 g/mol. The van der Waals surface area contributed by atoms with Crippen molar-refractivity contribution in [3.05, 3.63) is 24.0 Å². The van der Waals surface area contributed by atoms with E-state index in [1.165, 1.54) is 18.5 Å². The van der Waals surface area contributed by atoms with Crippen LogP contribution < -0.4 is 4.90 Å². The standard InChI is InChI=1S/C11H10N2O5/c14-9-3-6(10(15)16)5-13(9)8-4-12-2-1-7(8)11(17)18/h1-2,4,6H,3,5H2,(H,15,16)(H,17,18). The smallest absolute Gasteiger partial charge is 0.337 e. The van der Waals surface area contributed by atoms with E-state index in [4.69, 9.17) is 10.2 Å². The van der Waals surface area contributed by atoms with Crippen LogP contribution in [0, 0.1) is 5.92 Å². The molecule has 2 heterocycles. The van der Waals surface area contributed by atoms with Crippen LogP contribution in [0.2, 0.25) is 0 Å². The first kappa shape index (κ1) is 12.0. The minimum absolute atomic E-state index is 0.0276. The highest BCUT2D eigenvalue weighted by Crippen LogP contribution is 2.27. The zero-order valence-corrected chi connectivity index (χ0v) is 9.24. The number of aromatic nitrogens is 1. The Balaban J connectivity index is 2.35. The Morgan fingerprint density at radius 1 is 1.39 bits per heavy atom. The van der Waals surface area contributed by atoms with Gasteiger partial charge in [0.25, 0.3) is 0 Å². The Labute approximate surface area is 102 Å². The lowest BCUT2D eigenvalue weighted by Crippen LogP contribution is -2.27. The van der Waals surface area contributed by atoms with Crippen molar-refractivity contribution in [1.82, 2.24) is 4.98 Å². The highest BCUT2D eigenvalue weighted by molar-refractivity contribution is 6.04. The first-order chi connectivity index (χ1) is 8.50. The number of carboxylic acids is 2. The molecule has 2 rings (SSSR count). The number of rotatable bonds is 3. The molecule has 1 aromatic heterocycles. The maximum absolute atomic E-state index is 11.7. The number of carboxylic acid groups (broad SMARTS) is 2. The van der Waals surface area contributed by atoms with Crippen LogP contribution in [0.4, 0.5) is 5.69 Å². The third-order valence-corrected chi connectivity index (χ3v) is 2.80. The molecular formula is C11H10N2O5. The summed E-state index contributed by atoms with van der Waals surface area (Å²) in [5.41, 5.74) is 0.0724. The van der Waals surface area contributed by atoms with Crippen molar-refractivity contribution in [3.8, 4) is 0 Å². The van der Waals surface area contributed by atoms with E-state index in [-0.39, 0.29) is 24.2 Å². The molecular weight excluding hydrogens is 240 g/mol. The molecule has 1 unspecified atom stereocenters. The van der Waals surface area contributed by atoms with Crippen molar-refractivity contribution < 1.29 is 24.6 Å². The number of hydrogen-bond donors (Lipinski definition) is 2. The van der Waals surface area contributed by atoms with Crippen molar-refractivity contribution in [2.75, 3.05) is 11.4 Å². The van der Waals surface area contributed by atoms with Gasteiger partial charge in [-0.15, -0.1) is 0 Å². The SMILES string of the molecule is O=C(O)c1ccncc1N1CC(C(=O)O)CC1=O. The van der Waals surface area contributed by atoms with Crippen LogP contribution in [-0.4, -0.2) is 39.6 Å². The average molecular weight is 250 g/mol. The number of aliphatic carboxylic acids is 1. The summed E-state index contributed by atoms with van der Waals surface area (Å²) in [4.78, 5) is 38.5. The van der Waals surface area contributed by atoms with E-state index in [0.29, 0.717) is 0 Å². The summed E-state index contributed by atoms with van der Waals surface area (Å²) in [6.07, 6.45) is 2.44. The molecule has 94 valence electrons. The van der Waals surface area contributed by atoms with Crippen LogP contribution in [0.15, 0.2) is 18.5 Å². The van der Waals surface area contributed by atoms with Crippen LogP contribution in [0.5, 0.6) is 0 Å². The number of amides is 1. The van der Waals surface area contributed by atoms with Crippen LogP contribution in [-0.2, 0) is 9.59 Å². The van der Waals surface area contributed by atoms with Gasteiger partial charge in [-0.2, -0.15) is 0 Å². The minimum Gasteiger partial charge on any atom is -0.481 e. The molecule has 7 nitrogen and oxygen atoms in total. The van der Waals surface area contributed by atoms with E-state index in [1.54, 1.807) is 0 Å². The van der Waals surface area contributed by atoms with Crippen molar-refractivity contribution in [2.45, 2.75) is 6.42 Å². The van der Waals surface area contributed by atoms with Crippen molar-refractivity contribution in [3.63, 3.8) is 0 Å². The van der Waals surface area contributed by atoms with E-state index in [9.17, 15) is 14.4 Å². The third kappa shape index (κ3) is 2.02. The van der Waals surface area contributed by atoms with Gasteiger partial charge in [0.15, 0.2) is 0 Å². The Morgan fingerprint density at radius 3 is 2.67 bits per heavy atom. The van der Waals surface area contributed by atoms with E-state index in [2.05, 4.69) is 4.98 Å². The Bertz CT molecular complexity index is 528. The highest BCUT2D eigenvalue weighted by Gasteiger charge is 2.36. The van der Waals surface area contributed by atoms with Crippen LogP contribution >= 0.6 is 0 Å². The van der Waals surface area contributed by atoms with Crippen LogP contribution in [0.1, 0.15) is 16.8 Å². The first-order valence-electron chi connectivity index (χ1n) is 5.21. The van der Waals surface area contributed by atoms with Gasteiger partial charge in [-0.25, -0.2) is 4.79 Å². The lowest BCUT2D eigenvalue weighted by molar-refractivity contribution is -0.141. The molecule has 18 heavy (non-hydrogen) atoms. The molecule has 0 spiro atoms. The lowest BCUT2D eigenvalue weighted by Gasteiger charge is -2.17. The summed E-state index contributed by atoms with van der Waals surface area (Å²) < 4.78 is 0. The van der Waals surface area contributed by atoms with Gasteiger partial charge in [0, 0.05) is 19.2 Å². The number of nitrogens with zero attached hydrogens (tertiary/aromatic N) is 2. The molecule has 1 amide bonds. The second kappa shape index (κ2) is 4.44. The average Bonchev–Trinajstić information content (AvgIpc) is 2.71. The lowest BCUT2D eigenvalue weighted by atomic mass is 10.1. The Morgan fingerprint density at radius 2 is 2.11 bits per heavy atom. The number of hydrogen-bond acceptors (Lipinski definition) is 4. The molecule has 0 aromatic carbocycles. The Hall–Kier alpha value is -2.44. The number of anilines is 1. The minimum atomic E-state index is -1.18. The molecule has 1 aromatic rings. The maximum atomic E-state index is 11.7. The number of carbonyl (C=O) groups excluding carboxylic acids is 1. The fraction of sp³-hybridized carbons (Fsp3) is 0.273. The summed E-state index contributed by atoms with van der Waals surface area (Å²) in [6, 6.07) is 1.28. The highest BCUT2D eigenvalue weighted by atomic mass is 16.4. The van der Waals surface area contributed by atoms with Gasteiger partial charge < -0.3 is 15.1 Å². The first-order valence-corrected chi connectivity index (χ1v) is 5.21. The van der Waals surface area contributed by atoms with Gasteiger partial charge in [0.2, 0.25) is 5.91 Å². The normalized spacial score (nSPS) is 19.0. The van der Waals surface area contributed by atoms with Gasteiger partial charge in [0.05, 0.1) is 23.4 Å². The number of carbonyl (C=O) groups is 3. The number of pyridine rings is 1. The van der Waals surface area contributed by atoms with Crippen LogP contribution in [0.25, 0.3) is 0 Å². The van der Waals surface area contributed by atoms with Crippen molar-refractivity contribution in [2.24, 2.45) is 5.92 Å². The summed E-state index contributed by atoms with van der Waals surface area (Å²) in [7, 11) is 0. The summed E-state index contributed by atoms with van der Waals surface area (Å²) >= 11 is 0. The molecule has 1 saturated heterocycles. The quantitative estimate of drug-likeness (QED) is 0.794. The number of aromatic carboxylic acids is 1. The molecule has 7 heteroatoms. The molecule has 1 fully saturated rings. The van der Waals surface area contributed by atoms with E-state index >= 15 is 0 Å². The molecule has 0 saturated carbocycles. The fourth-order valence-electron chi connectivity index (χ4n) is 1.89. The van der Waals surface area contributed by atoms with Gasteiger partial charge in [-0.1, -0.05) is 0 Å². The molecule has 0 bridgehead atoms. The Kier molecular flexibility index (Phi) is 2.97. The zero-order chi connectivity index (χ0) is 13.3. The van der Waals surface area contributed by atoms with E-state index in [0.717, 1.165) is 4.90 Å². The van der Waals surface area contributed by atoms with Gasteiger partial charge in [-0.05, 0) is 6.07 Å². The largest absolute Gasteiger partial charge is 0.481 e. The summed E-state index contributed by atoms with van der Waals surface area (Å²) in [6.45, 7) is -0.0276. The zero-order valence-electron chi connectivity index (χ0n) is 9.24. The van der Waals surface area contributed by atoms with Crippen molar-refractivity contribution in [1.29, 1.82) is 0 Å². The summed E-state index contributed by atoms with van der Waals surface area (Å²) in [5.74, 6) is -3.46. The van der Waals surface area contributed by atoms with E-state index < -0.39 is 23.8 Å². The topological polar surface area (TPSA) is 108 Å². The van der Waals surface area contributed by atoms with Gasteiger partial charge in [0.1, 0.15) is 0 Å². The third-order valence-electron chi connectivity index (χ3n) is 2.80. The predicted octanol–water partition coefficient (Wildman–Crippen LogP) is 0.217. The predicted molar refractivity (Wildman–Crippen MR) is 59.3 cm³/mol. The molecule has 1 aliphatic rings. The maximum Gasteiger partial charge on any atom is 0.337 e. The second-order valence-corrected chi connectivity index (χ2v) is 3.94. The molecule has 2 N–H and O–H groups in total. The molecule has 1 aliphatic heterocycles. The molecule has 0 radical (unpaired) electrons. The fourth-order valence-corrected chi connectivity index (χ4v) is 1.89. The van der Waals surface area contributed by atoms with Gasteiger partial charge in [-0.3, -0.25) is 14.6 Å². The van der Waals surface area contributed by atoms with Crippen molar-refractivity contribution >= 4 is 23.5 Å². The molecule has 1 atom stereocenters. The molecule has 0 aliphatic carbocycles. The summed E-state index contributed by atoms with van der Waals surface area (Å²) in [5, 5.41) is 17.9. The van der Waals surface area contributed by atoms with Crippen LogP contribution in [0.3, 0.4) is 0 Å². The second-order valence-electron chi connectivity index (χ2n) is 3.94. The van der Waals surface area contributed by atoms with Gasteiger partial charge >= 0.3 is 11.9 Å².